The minimum absolute atomic E-state index is 0.124. The zero-order valence-electron chi connectivity index (χ0n) is 22.8. The molecule has 0 aromatic heterocycles. The predicted octanol–water partition coefficient (Wildman–Crippen LogP) is 4.74. The van der Waals surface area contributed by atoms with Crippen molar-refractivity contribution in [1.82, 2.24) is 5.48 Å². The van der Waals surface area contributed by atoms with Gasteiger partial charge in [0.05, 0.1) is 19.8 Å². The van der Waals surface area contributed by atoms with E-state index in [1.807, 2.05) is 85.8 Å². The summed E-state index contributed by atoms with van der Waals surface area (Å²) in [6.45, 7) is 3.83. The van der Waals surface area contributed by atoms with E-state index in [1.54, 1.807) is 0 Å². The first-order valence-electron chi connectivity index (χ1n) is 13.5. The summed E-state index contributed by atoms with van der Waals surface area (Å²) in [5, 5.41) is 0. The molecule has 9 nitrogen and oxygen atoms in total. The lowest BCUT2D eigenvalue weighted by molar-refractivity contribution is -0.153. The van der Waals surface area contributed by atoms with Gasteiger partial charge in [0.25, 0.3) is 5.91 Å². The molecule has 3 aromatic rings. The van der Waals surface area contributed by atoms with Crippen LogP contribution in [0.2, 0.25) is 0 Å². The predicted molar refractivity (Wildman–Crippen MR) is 149 cm³/mol. The zero-order valence-corrected chi connectivity index (χ0v) is 22.8. The Balaban J connectivity index is 1.49. The van der Waals surface area contributed by atoms with Crippen LogP contribution in [0, 0.1) is 0 Å². The highest BCUT2D eigenvalue weighted by Gasteiger charge is 2.34. The molecule has 0 saturated heterocycles. The van der Waals surface area contributed by atoms with E-state index in [9.17, 15) is 4.79 Å². The summed E-state index contributed by atoms with van der Waals surface area (Å²) in [5.41, 5.74) is 2.45. The fourth-order valence-electron chi connectivity index (χ4n) is 4.14. The Morgan fingerprint density at radius 1 is 0.750 bits per heavy atom. The molecule has 0 fully saturated rings. The topological polar surface area (TPSA) is 93.7 Å². The van der Waals surface area contributed by atoms with Crippen molar-refractivity contribution in [3.8, 4) is 23.0 Å². The molecule has 1 amide bonds. The number of rotatable bonds is 8. The third-order valence-corrected chi connectivity index (χ3v) is 6.13. The van der Waals surface area contributed by atoms with Gasteiger partial charge in [-0.3, -0.25) is 9.63 Å². The van der Waals surface area contributed by atoms with Crippen LogP contribution < -0.4 is 24.4 Å². The number of nitrogens with one attached hydrogen (secondary N) is 1. The average Bonchev–Trinajstić information content (AvgIpc) is 2.98. The molecular weight excluding hydrogens is 514 g/mol. The maximum absolute atomic E-state index is 12.7. The lowest BCUT2D eigenvalue weighted by Crippen LogP contribution is -2.47. The highest BCUT2D eigenvalue weighted by Crippen LogP contribution is 2.32. The van der Waals surface area contributed by atoms with Crippen LogP contribution in [-0.2, 0) is 25.7 Å². The van der Waals surface area contributed by atoms with Gasteiger partial charge in [-0.25, -0.2) is 5.48 Å². The number of hydroxylamine groups is 1. The second-order valence-corrected chi connectivity index (χ2v) is 9.30. The SMILES string of the molecule is CCCC1(OCC(=O)NOCc2ccccc2)COc2ccccc2OCCOCCOc2ccccc2OC1. The van der Waals surface area contributed by atoms with Crippen LogP contribution in [0.5, 0.6) is 23.0 Å². The van der Waals surface area contributed by atoms with Gasteiger partial charge in [-0.15, -0.1) is 0 Å². The van der Waals surface area contributed by atoms with Crippen molar-refractivity contribution in [3.05, 3.63) is 84.4 Å². The molecule has 0 atom stereocenters. The summed E-state index contributed by atoms with van der Waals surface area (Å²) in [4.78, 5) is 18.0. The number of benzene rings is 3. The van der Waals surface area contributed by atoms with Crippen LogP contribution in [-0.4, -0.2) is 57.8 Å². The molecule has 9 heteroatoms. The number of fused-ring (bicyclic) bond motifs is 2. The molecule has 0 radical (unpaired) electrons. The van der Waals surface area contributed by atoms with Crippen molar-refractivity contribution >= 4 is 5.91 Å². The third-order valence-electron chi connectivity index (χ3n) is 6.13. The molecule has 1 aliphatic rings. The standard InChI is InChI=1S/C31H37NO8/c1-2-16-31(39-22-30(33)32-40-21-25-10-4-3-5-11-25)23-37-28-14-8-6-12-26(28)35-19-17-34-18-20-36-27-13-7-9-15-29(27)38-24-31/h3-15H,2,16-24H2,1H3,(H,32,33). The summed E-state index contributed by atoms with van der Waals surface area (Å²) in [6, 6.07) is 24.5. The minimum Gasteiger partial charge on any atom is -0.487 e. The quantitative estimate of drug-likeness (QED) is 0.402. The van der Waals surface area contributed by atoms with Gasteiger partial charge in [-0.05, 0) is 36.2 Å². The molecule has 0 aliphatic carbocycles. The summed E-state index contributed by atoms with van der Waals surface area (Å²) < 4.78 is 36.2. The van der Waals surface area contributed by atoms with Crippen molar-refractivity contribution in [1.29, 1.82) is 0 Å². The molecule has 0 bridgehead atoms. The highest BCUT2D eigenvalue weighted by atomic mass is 16.7. The van der Waals surface area contributed by atoms with E-state index in [1.165, 1.54) is 0 Å². The molecule has 214 valence electrons. The third kappa shape index (κ3) is 9.15. The Morgan fingerprint density at radius 3 is 1.82 bits per heavy atom. The van der Waals surface area contributed by atoms with Gasteiger partial charge in [0.15, 0.2) is 23.0 Å². The number of hydrogen-bond donors (Lipinski definition) is 1. The van der Waals surface area contributed by atoms with Crippen LogP contribution in [0.15, 0.2) is 78.9 Å². The van der Waals surface area contributed by atoms with Gasteiger partial charge in [-0.2, -0.15) is 0 Å². The monoisotopic (exact) mass is 551 g/mol. The summed E-state index contributed by atoms with van der Waals surface area (Å²) in [6.07, 6.45) is 1.34. The first-order chi connectivity index (χ1) is 19.7. The maximum Gasteiger partial charge on any atom is 0.269 e. The minimum atomic E-state index is -0.952. The van der Waals surface area contributed by atoms with E-state index >= 15 is 0 Å². The molecule has 1 aliphatic heterocycles. The van der Waals surface area contributed by atoms with Gasteiger partial charge >= 0.3 is 0 Å². The van der Waals surface area contributed by atoms with Crippen molar-refractivity contribution in [2.75, 3.05) is 46.2 Å². The number of carbonyl (C=O) groups is 1. The fourth-order valence-corrected chi connectivity index (χ4v) is 4.14. The summed E-state index contributed by atoms with van der Waals surface area (Å²) in [5.74, 6) is 1.92. The fraction of sp³-hybridized carbons (Fsp3) is 0.387. The number of hydrogen-bond acceptors (Lipinski definition) is 8. The zero-order chi connectivity index (χ0) is 27.9. The van der Waals surface area contributed by atoms with Gasteiger partial charge in [0, 0.05) is 0 Å². The van der Waals surface area contributed by atoms with Gasteiger partial charge in [-0.1, -0.05) is 67.9 Å². The van der Waals surface area contributed by atoms with Crippen LogP contribution >= 0.6 is 0 Å². The lowest BCUT2D eigenvalue weighted by Gasteiger charge is -2.33. The molecule has 3 aromatic carbocycles. The number of para-hydroxylation sites is 4. The number of carbonyl (C=O) groups excluding carboxylic acids is 1. The van der Waals surface area contributed by atoms with E-state index < -0.39 is 11.5 Å². The second-order valence-electron chi connectivity index (χ2n) is 9.30. The molecule has 0 spiro atoms. The maximum atomic E-state index is 12.7. The summed E-state index contributed by atoms with van der Waals surface area (Å²) in [7, 11) is 0. The van der Waals surface area contributed by atoms with Crippen molar-refractivity contribution < 1.29 is 38.1 Å². The number of amides is 1. The molecule has 0 unspecified atom stereocenters. The summed E-state index contributed by atoms with van der Waals surface area (Å²) >= 11 is 0. The van der Waals surface area contributed by atoms with E-state index in [0.29, 0.717) is 55.8 Å². The van der Waals surface area contributed by atoms with Crippen molar-refractivity contribution in [3.63, 3.8) is 0 Å². The van der Waals surface area contributed by atoms with Crippen LogP contribution in [0.4, 0.5) is 0 Å². The van der Waals surface area contributed by atoms with Crippen LogP contribution in [0.3, 0.4) is 0 Å². The first kappa shape index (κ1) is 29.2. The Kier molecular flexibility index (Phi) is 11.5. The Bertz CT molecular complexity index is 1120. The van der Waals surface area contributed by atoms with Gasteiger partial charge in [0.2, 0.25) is 0 Å². The first-order valence-corrected chi connectivity index (χ1v) is 13.5. The molecule has 40 heavy (non-hydrogen) atoms. The van der Waals surface area contributed by atoms with E-state index in [0.717, 1.165) is 12.0 Å². The Labute approximate surface area is 235 Å². The largest absolute Gasteiger partial charge is 0.487 e. The van der Waals surface area contributed by atoms with E-state index in [4.69, 9.17) is 33.3 Å². The van der Waals surface area contributed by atoms with Crippen LogP contribution in [0.1, 0.15) is 25.3 Å². The van der Waals surface area contributed by atoms with Gasteiger partial charge < -0.3 is 28.4 Å². The smallest absolute Gasteiger partial charge is 0.269 e. The molecule has 1 N–H and O–H groups in total. The van der Waals surface area contributed by atoms with E-state index in [2.05, 4.69) is 5.48 Å². The van der Waals surface area contributed by atoms with Crippen molar-refractivity contribution in [2.24, 2.45) is 0 Å². The molecule has 1 heterocycles. The molecular formula is C31H37NO8. The molecule has 4 rings (SSSR count). The van der Waals surface area contributed by atoms with Gasteiger partial charge in [0.1, 0.15) is 38.6 Å². The average molecular weight is 552 g/mol. The Morgan fingerprint density at radius 2 is 1.27 bits per heavy atom. The van der Waals surface area contributed by atoms with E-state index in [-0.39, 0.29) is 26.4 Å². The second kappa shape index (κ2) is 15.7. The number of ether oxygens (including phenoxy) is 6. The van der Waals surface area contributed by atoms with Crippen molar-refractivity contribution in [2.45, 2.75) is 32.0 Å². The Hall–Kier alpha value is -3.79. The molecule has 0 saturated carbocycles. The highest BCUT2D eigenvalue weighted by molar-refractivity contribution is 5.76. The van der Waals surface area contributed by atoms with Crippen LogP contribution in [0.25, 0.3) is 0 Å². The normalized spacial score (nSPS) is 15.6. The lowest BCUT2D eigenvalue weighted by atomic mass is 9.99.